The second-order valence-corrected chi connectivity index (χ2v) is 9.43. The molecule has 2 nitrogen and oxygen atoms in total. The number of nitrogens with zero attached hydrogens (tertiary/aromatic N) is 2. The van der Waals surface area contributed by atoms with Gasteiger partial charge in [0, 0.05) is 33.4 Å². The number of fused-ring (bicyclic) bond motifs is 8. The van der Waals surface area contributed by atoms with Gasteiger partial charge in [-0.2, -0.15) is 0 Å². The van der Waals surface area contributed by atoms with E-state index in [0.717, 1.165) is 0 Å². The van der Waals surface area contributed by atoms with E-state index < -0.39 is 0 Å². The van der Waals surface area contributed by atoms with Crippen molar-refractivity contribution in [1.82, 2.24) is 9.13 Å². The fraction of sp³-hybridized carbons (Fsp3) is 0.0556. The van der Waals surface area contributed by atoms with E-state index in [2.05, 4.69) is 143 Å². The minimum absolute atomic E-state index is 1.18. The van der Waals surface area contributed by atoms with Crippen molar-refractivity contribution in [2.24, 2.45) is 0 Å². The molecule has 2 heteroatoms. The van der Waals surface area contributed by atoms with Crippen LogP contribution in [0.2, 0.25) is 0 Å². The standard InChI is InChI=1S/C34H22N2.C2H6/c1-2-11-24(12-3-1)35-22-21-27-26-17-20-33-34(28(26)18-19-30(27)35)29-14-6-7-15-32(29)36(33)31-16-8-10-23-9-4-5-13-25(23)31;1-2/h1-22H;1-2H3. The SMILES string of the molecule is CC.c1ccc(-n2ccc3c4ccc5c(c4ccc32)c2ccccc2n5-c2cccc3ccccc23)cc1. The Bertz CT molecular complexity index is 2090. The van der Waals surface area contributed by atoms with Gasteiger partial charge in [0.05, 0.1) is 22.2 Å². The Morgan fingerprint density at radius 1 is 0.421 bits per heavy atom. The van der Waals surface area contributed by atoms with Crippen molar-refractivity contribution in [3.05, 3.63) is 134 Å². The van der Waals surface area contributed by atoms with E-state index in [1.807, 2.05) is 13.8 Å². The van der Waals surface area contributed by atoms with Crippen LogP contribution in [0.25, 0.3) is 65.6 Å². The summed E-state index contributed by atoms with van der Waals surface area (Å²) < 4.78 is 4.71. The maximum absolute atomic E-state index is 2.44. The van der Waals surface area contributed by atoms with E-state index in [1.165, 1.54) is 65.6 Å². The van der Waals surface area contributed by atoms with Crippen LogP contribution >= 0.6 is 0 Å². The van der Waals surface area contributed by atoms with Crippen LogP contribution in [0.3, 0.4) is 0 Å². The summed E-state index contributed by atoms with van der Waals surface area (Å²) in [7, 11) is 0. The highest BCUT2D eigenvalue weighted by atomic mass is 15.0. The Balaban J connectivity index is 0.00000118. The first-order valence-corrected chi connectivity index (χ1v) is 13.4. The molecule has 6 aromatic carbocycles. The van der Waals surface area contributed by atoms with Gasteiger partial charge in [0.25, 0.3) is 0 Å². The quantitative estimate of drug-likeness (QED) is 0.229. The van der Waals surface area contributed by atoms with Gasteiger partial charge < -0.3 is 9.13 Å². The number of para-hydroxylation sites is 2. The third kappa shape index (κ3) is 3.20. The molecule has 0 unspecified atom stereocenters. The van der Waals surface area contributed by atoms with Gasteiger partial charge in [0.1, 0.15) is 0 Å². The third-order valence-electron chi connectivity index (χ3n) is 7.54. The van der Waals surface area contributed by atoms with Crippen LogP contribution in [0.15, 0.2) is 134 Å². The predicted molar refractivity (Wildman–Crippen MR) is 164 cm³/mol. The van der Waals surface area contributed by atoms with Crippen LogP contribution in [0.4, 0.5) is 0 Å². The molecule has 0 saturated heterocycles. The Labute approximate surface area is 222 Å². The van der Waals surface area contributed by atoms with Crippen molar-refractivity contribution in [1.29, 1.82) is 0 Å². The summed E-state index contributed by atoms with van der Waals surface area (Å²) in [6.07, 6.45) is 2.18. The molecule has 0 atom stereocenters. The maximum Gasteiger partial charge on any atom is 0.0547 e. The number of hydrogen-bond acceptors (Lipinski definition) is 0. The summed E-state index contributed by atoms with van der Waals surface area (Å²) in [4.78, 5) is 0. The molecule has 0 aliphatic carbocycles. The number of rotatable bonds is 2. The van der Waals surface area contributed by atoms with Crippen molar-refractivity contribution in [2.75, 3.05) is 0 Å². The minimum atomic E-state index is 1.18. The first-order chi connectivity index (χ1) is 18.9. The zero-order valence-corrected chi connectivity index (χ0v) is 21.6. The molecule has 0 N–H and O–H groups in total. The van der Waals surface area contributed by atoms with Gasteiger partial charge in [-0.25, -0.2) is 0 Å². The molecule has 2 aromatic heterocycles. The number of benzene rings is 6. The van der Waals surface area contributed by atoms with E-state index in [4.69, 9.17) is 0 Å². The summed E-state index contributed by atoms with van der Waals surface area (Å²) in [5.74, 6) is 0. The zero-order valence-electron chi connectivity index (χ0n) is 21.6. The second kappa shape index (κ2) is 8.93. The summed E-state index contributed by atoms with van der Waals surface area (Å²) in [5, 5.41) is 8.97. The van der Waals surface area contributed by atoms with Crippen molar-refractivity contribution < 1.29 is 0 Å². The van der Waals surface area contributed by atoms with Crippen LogP contribution in [0.1, 0.15) is 13.8 Å². The van der Waals surface area contributed by atoms with Gasteiger partial charge >= 0.3 is 0 Å². The van der Waals surface area contributed by atoms with Crippen molar-refractivity contribution in [3.63, 3.8) is 0 Å². The normalized spacial score (nSPS) is 11.4. The Hall–Kier alpha value is -4.82. The molecule has 38 heavy (non-hydrogen) atoms. The first kappa shape index (κ1) is 22.4. The van der Waals surface area contributed by atoms with Crippen molar-refractivity contribution >= 4 is 54.3 Å². The van der Waals surface area contributed by atoms with E-state index in [0.29, 0.717) is 0 Å². The van der Waals surface area contributed by atoms with Gasteiger partial charge in [-0.3, -0.25) is 0 Å². The number of aromatic nitrogens is 2. The van der Waals surface area contributed by atoms with Crippen LogP contribution in [-0.2, 0) is 0 Å². The van der Waals surface area contributed by atoms with Crippen LogP contribution in [-0.4, -0.2) is 9.13 Å². The van der Waals surface area contributed by atoms with E-state index in [9.17, 15) is 0 Å². The molecule has 0 spiro atoms. The smallest absolute Gasteiger partial charge is 0.0547 e. The molecule has 8 rings (SSSR count). The monoisotopic (exact) mass is 488 g/mol. The maximum atomic E-state index is 2.44. The van der Waals surface area contributed by atoms with Gasteiger partial charge in [0.15, 0.2) is 0 Å². The van der Waals surface area contributed by atoms with Crippen molar-refractivity contribution in [3.8, 4) is 11.4 Å². The summed E-state index contributed by atoms with van der Waals surface area (Å²) in [5.41, 5.74) is 6.10. The zero-order chi connectivity index (χ0) is 25.6. The Kier molecular flexibility index (Phi) is 5.26. The molecule has 8 aromatic rings. The lowest BCUT2D eigenvalue weighted by molar-refractivity contribution is 1.13. The van der Waals surface area contributed by atoms with Crippen LogP contribution in [0.5, 0.6) is 0 Å². The molecular formula is C36H28N2. The summed E-state index contributed by atoms with van der Waals surface area (Å²) >= 11 is 0. The fourth-order valence-electron chi connectivity index (χ4n) is 5.98. The van der Waals surface area contributed by atoms with Crippen LogP contribution < -0.4 is 0 Å². The highest BCUT2D eigenvalue weighted by Crippen LogP contribution is 2.40. The number of hydrogen-bond donors (Lipinski definition) is 0. The molecule has 182 valence electrons. The van der Waals surface area contributed by atoms with Gasteiger partial charge in [0.2, 0.25) is 0 Å². The molecule has 0 saturated carbocycles. The molecule has 0 fully saturated rings. The highest BCUT2D eigenvalue weighted by molar-refractivity contribution is 6.25. The Morgan fingerprint density at radius 3 is 1.97 bits per heavy atom. The fourth-order valence-corrected chi connectivity index (χ4v) is 5.98. The average Bonchev–Trinajstić information content (AvgIpc) is 3.58. The highest BCUT2D eigenvalue weighted by Gasteiger charge is 2.17. The molecule has 2 heterocycles. The van der Waals surface area contributed by atoms with Gasteiger partial charge in [-0.05, 0) is 58.6 Å². The van der Waals surface area contributed by atoms with Gasteiger partial charge in [-0.1, -0.05) is 98.8 Å². The second-order valence-electron chi connectivity index (χ2n) is 9.43. The lowest BCUT2D eigenvalue weighted by Crippen LogP contribution is -1.95. The van der Waals surface area contributed by atoms with Gasteiger partial charge in [-0.15, -0.1) is 0 Å². The lowest BCUT2D eigenvalue weighted by atomic mass is 10.0. The molecule has 0 amide bonds. The van der Waals surface area contributed by atoms with E-state index in [1.54, 1.807) is 0 Å². The lowest BCUT2D eigenvalue weighted by Gasteiger charge is -2.12. The molecular weight excluding hydrogens is 460 g/mol. The van der Waals surface area contributed by atoms with E-state index in [-0.39, 0.29) is 0 Å². The average molecular weight is 489 g/mol. The summed E-state index contributed by atoms with van der Waals surface area (Å²) in [6, 6.07) is 46.0. The first-order valence-electron chi connectivity index (χ1n) is 13.4. The largest absolute Gasteiger partial charge is 0.317 e. The molecule has 0 aliphatic heterocycles. The third-order valence-corrected chi connectivity index (χ3v) is 7.54. The molecule has 0 aliphatic rings. The molecule has 0 radical (unpaired) electrons. The predicted octanol–water partition coefficient (Wildman–Crippen LogP) is 10.1. The summed E-state index contributed by atoms with van der Waals surface area (Å²) in [6.45, 7) is 4.00. The van der Waals surface area contributed by atoms with E-state index >= 15 is 0 Å². The van der Waals surface area contributed by atoms with Crippen molar-refractivity contribution in [2.45, 2.75) is 13.8 Å². The molecule has 0 bridgehead atoms. The Morgan fingerprint density at radius 2 is 1.11 bits per heavy atom. The van der Waals surface area contributed by atoms with Crippen LogP contribution in [0, 0.1) is 0 Å². The topological polar surface area (TPSA) is 9.86 Å². The minimum Gasteiger partial charge on any atom is -0.317 e.